The molecule has 3 heterocycles. The van der Waals surface area contributed by atoms with Gasteiger partial charge in [0.25, 0.3) is 5.78 Å². The van der Waals surface area contributed by atoms with Crippen LogP contribution in [0.15, 0.2) is 59.5 Å². The van der Waals surface area contributed by atoms with Crippen LogP contribution in [0.1, 0.15) is 30.3 Å². The summed E-state index contributed by atoms with van der Waals surface area (Å²) in [7, 11) is 0. The Hall–Kier alpha value is -3.63. The van der Waals surface area contributed by atoms with E-state index in [4.69, 9.17) is 4.74 Å². The highest BCUT2D eigenvalue weighted by Gasteiger charge is 2.48. The number of thiophene rings is 1. The number of rotatable bonds is 5. The molecule has 2 aromatic heterocycles. The Bertz CT molecular complexity index is 1460. The molecule has 35 heavy (non-hydrogen) atoms. The van der Waals surface area contributed by atoms with Gasteiger partial charge in [0.15, 0.2) is 16.8 Å². The van der Waals surface area contributed by atoms with Crippen molar-refractivity contribution in [2.75, 3.05) is 4.90 Å². The fourth-order valence-corrected chi connectivity index (χ4v) is 5.73. The molecule has 1 aliphatic heterocycles. The zero-order valence-corrected chi connectivity index (χ0v) is 20.1. The number of aliphatic hydroxyl groups excluding tert-OH is 1. The van der Waals surface area contributed by atoms with Crippen molar-refractivity contribution in [2.24, 2.45) is 0 Å². The molecule has 1 atom stereocenters. The Kier molecular flexibility index (Phi) is 5.86. The number of ether oxygens (including phenoxy) is 1. The van der Waals surface area contributed by atoms with E-state index in [1.54, 1.807) is 41.8 Å². The summed E-state index contributed by atoms with van der Waals surface area (Å²) in [4.78, 5) is 32.5. The van der Waals surface area contributed by atoms with Crippen molar-refractivity contribution in [3.63, 3.8) is 0 Å². The molecule has 1 saturated heterocycles. The molecule has 0 bridgehead atoms. The molecule has 5 rings (SSSR count). The maximum atomic E-state index is 13.8. The first-order valence-electron chi connectivity index (χ1n) is 10.6. The molecule has 10 heteroatoms. The summed E-state index contributed by atoms with van der Waals surface area (Å²) in [6.45, 7) is 3.73. The van der Waals surface area contributed by atoms with Gasteiger partial charge in [-0.15, -0.1) is 11.3 Å². The second-order valence-corrected chi connectivity index (χ2v) is 10.1. The van der Waals surface area contributed by atoms with Gasteiger partial charge in [-0.05, 0) is 43.5 Å². The number of carbonyl (C=O) groups is 2. The molecule has 0 radical (unpaired) electrons. The van der Waals surface area contributed by atoms with E-state index in [1.807, 2.05) is 13.8 Å². The van der Waals surface area contributed by atoms with Crippen molar-refractivity contribution in [1.29, 1.82) is 0 Å². The molecule has 0 saturated carbocycles. The summed E-state index contributed by atoms with van der Waals surface area (Å²) in [6, 6.07) is 11.1. The van der Waals surface area contributed by atoms with Crippen LogP contribution in [-0.2, 0) is 9.59 Å². The van der Waals surface area contributed by atoms with Gasteiger partial charge >= 0.3 is 5.91 Å². The number of hydrogen-bond acceptors (Lipinski definition) is 7. The van der Waals surface area contributed by atoms with Crippen LogP contribution in [0, 0.1) is 11.6 Å². The van der Waals surface area contributed by atoms with E-state index >= 15 is 0 Å². The van der Waals surface area contributed by atoms with Crippen LogP contribution in [0.3, 0.4) is 0 Å². The molecule has 0 aliphatic carbocycles. The predicted octanol–water partition coefficient (Wildman–Crippen LogP) is 6.05. The van der Waals surface area contributed by atoms with Gasteiger partial charge in [0.05, 0.1) is 21.9 Å². The van der Waals surface area contributed by atoms with Crippen LogP contribution >= 0.6 is 22.7 Å². The summed E-state index contributed by atoms with van der Waals surface area (Å²) >= 11 is 2.26. The lowest BCUT2D eigenvalue weighted by Gasteiger charge is -2.21. The number of aromatic nitrogens is 1. The molecule has 4 aromatic rings. The van der Waals surface area contributed by atoms with E-state index in [1.165, 1.54) is 16.2 Å². The van der Waals surface area contributed by atoms with Crippen LogP contribution in [0.5, 0.6) is 5.75 Å². The van der Waals surface area contributed by atoms with Gasteiger partial charge in [-0.25, -0.2) is 13.8 Å². The van der Waals surface area contributed by atoms with Crippen molar-refractivity contribution in [3.8, 4) is 5.75 Å². The number of ketones is 1. The standard InChI is InChI=1S/C25H18F2N2O4S2/c1-12(2)33-14-6-3-5-13(9-14)22(30)20-21(18-7-4-8-34-18)29(24(32)23(20)31)25-28-17-10-15(26)16(27)11-19(17)35-25/h3-12,21,30H,1-2H3/b22-20+. The van der Waals surface area contributed by atoms with Crippen molar-refractivity contribution in [2.45, 2.75) is 26.0 Å². The van der Waals surface area contributed by atoms with Crippen molar-refractivity contribution in [3.05, 3.63) is 81.6 Å². The van der Waals surface area contributed by atoms with Crippen LogP contribution < -0.4 is 9.64 Å². The highest BCUT2D eigenvalue weighted by atomic mass is 32.1. The highest BCUT2D eigenvalue weighted by molar-refractivity contribution is 7.22. The normalized spacial score (nSPS) is 17.6. The van der Waals surface area contributed by atoms with E-state index in [0.29, 0.717) is 20.9 Å². The zero-order valence-electron chi connectivity index (χ0n) is 18.5. The second kappa shape index (κ2) is 8.86. The Morgan fingerprint density at radius 2 is 1.89 bits per heavy atom. The average Bonchev–Trinajstić information content (AvgIpc) is 3.53. The minimum atomic E-state index is -1.06. The number of carbonyl (C=O) groups excluding carboxylic acids is 2. The quantitative estimate of drug-likeness (QED) is 0.200. The van der Waals surface area contributed by atoms with Crippen LogP contribution in [0.25, 0.3) is 16.0 Å². The third-order valence-electron chi connectivity index (χ3n) is 5.36. The minimum Gasteiger partial charge on any atom is -0.507 e. The lowest BCUT2D eigenvalue weighted by Crippen LogP contribution is -2.28. The number of amides is 1. The topological polar surface area (TPSA) is 79.7 Å². The summed E-state index contributed by atoms with van der Waals surface area (Å²) < 4.78 is 33.5. The van der Waals surface area contributed by atoms with Crippen LogP contribution in [0.2, 0.25) is 0 Å². The van der Waals surface area contributed by atoms with E-state index in [-0.39, 0.29) is 28.1 Å². The number of anilines is 1. The first-order chi connectivity index (χ1) is 16.7. The maximum absolute atomic E-state index is 13.8. The summed E-state index contributed by atoms with van der Waals surface area (Å²) in [5.41, 5.74) is 0.376. The Labute approximate surface area is 206 Å². The van der Waals surface area contributed by atoms with Gasteiger partial charge in [-0.1, -0.05) is 29.5 Å². The molecular weight excluding hydrogens is 494 g/mol. The predicted molar refractivity (Wildman–Crippen MR) is 131 cm³/mol. The van der Waals surface area contributed by atoms with Gasteiger partial charge in [0, 0.05) is 16.5 Å². The number of nitrogens with zero attached hydrogens (tertiary/aromatic N) is 2. The molecule has 6 nitrogen and oxygen atoms in total. The smallest absolute Gasteiger partial charge is 0.301 e. The van der Waals surface area contributed by atoms with Crippen LogP contribution in [-0.4, -0.2) is 27.9 Å². The zero-order chi connectivity index (χ0) is 24.9. The summed E-state index contributed by atoms with van der Waals surface area (Å²) in [6.07, 6.45) is -0.0993. The number of hydrogen-bond donors (Lipinski definition) is 1. The van der Waals surface area contributed by atoms with Gasteiger partial charge in [-0.3, -0.25) is 14.5 Å². The molecule has 0 spiro atoms. The summed E-state index contributed by atoms with van der Waals surface area (Å²) in [5.74, 6) is -3.71. The lowest BCUT2D eigenvalue weighted by molar-refractivity contribution is -0.132. The maximum Gasteiger partial charge on any atom is 0.301 e. The molecule has 2 aromatic carbocycles. The molecule has 1 unspecified atom stereocenters. The number of fused-ring (bicyclic) bond motifs is 1. The van der Waals surface area contributed by atoms with E-state index < -0.39 is 29.4 Å². The Morgan fingerprint density at radius 3 is 2.60 bits per heavy atom. The molecule has 1 aliphatic rings. The number of aliphatic hydroxyl groups is 1. The average molecular weight is 513 g/mol. The molecule has 1 N–H and O–H groups in total. The Balaban J connectivity index is 1.67. The monoisotopic (exact) mass is 512 g/mol. The second-order valence-electron chi connectivity index (χ2n) is 8.11. The SMILES string of the molecule is CC(C)Oc1cccc(/C(O)=C2\C(=O)C(=O)N(c3nc4cc(F)c(F)cc4s3)C2c2cccs2)c1. The van der Waals surface area contributed by atoms with Gasteiger partial charge < -0.3 is 9.84 Å². The lowest BCUT2D eigenvalue weighted by atomic mass is 10.00. The minimum absolute atomic E-state index is 0.0986. The summed E-state index contributed by atoms with van der Waals surface area (Å²) in [5, 5.41) is 13.1. The van der Waals surface area contributed by atoms with E-state index in [0.717, 1.165) is 23.5 Å². The van der Waals surface area contributed by atoms with Gasteiger partial charge in [0.1, 0.15) is 17.6 Å². The third-order valence-corrected chi connectivity index (χ3v) is 7.30. The van der Waals surface area contributed by atoms with Crippen molar-refractivity contribution < 1.29 is 28.2 Å². The molecular formula is C25H18F2N2O4S2. The Morgan fingerprint density at radius 1 is 1.11 bits per heavy atom. The molecule has 1 amide bonds. The highest BCUT2D eigenvalue weighted by Crippen LogP contribution is 2.45. The third kappa shape index (κ3) is 4.08. The van der Waals surface area contributed by atoms with Crippen molar-refractivity contribution in [1.82, 2.24) is 4.98 Å². The fraction of sp³-hybridized carbons (Fsp3) is 0.160. The number of thiazole rings is 1. The first-order valence-corrected chi connectivity index (χ1v) is 12.3. The molecule has 1 fully saturated rings. The number of Topliss-reactive ketones (excluding diaryl/α,β-unsaturated/α-hetero) is 1. The van der Waals surface area contributed by atoms with Gasteiger partial charge in [-0.2, -0.15) is 0 Å². The van der Waals surface area contributed by atoms with Gasteiger partial charge in [0.2, 0.25) is 0 Å². The fourth-order valence-electron chi connectivity index (χ4n) is 3.90. The van der Waals surface area contributed by atoms with E-state index in [2.05, 4.69) is 4.98 Å². The number of benzene rings is 2. The molecule has 178 valence electrons. The largest absolute Gasteiger partial charge is 0.507 e. The first kappa shape index (κ1) is 23.1. The van der Waals surface area contributed by atoms with E-state index in [9.17, 15) is 23.5 Å². The van der Waals surface area contributed by atoms with Crippen molar-refractivity contribution >= 4 is 55.5 Å². The van der Waals surface area contributed by atoms with Crippen LogP contribution in [0.4, 0.5) is 13.9 Å². The number of halogens is 2.